The Morgan fingerprint density at radius 3 is 2.23 bits per heavy atom. The number of methoxy groups -OCH3 is 2. The standard InChI is InChI=1S/C18H27NO3/c1-6-13(7-2)18(20)19-11-15-10-17(22-5)16(21-4)9-14(15)8-12(19)3/h9-10,12-13H,6-8,11H2,1-5H3. The van der Waals surface area contributed by atoms with Crippen LogP contribution in [-0.4, -0.2) is 31.1 Å². The van der Waals surface area contributed by atoms with Gasteiger partial charge >= 0.3 is 0 Å². The van der Waals surface area contributed by atoms with Crippen molar-refractivity contribution in [1.82, 2.24) is 4.90 Å². The molecule has 0 N–H and O–H groups in total. The van der Waals surface area contributed by atoms with Crippen LogP contribution >= 0.6 is 0 Å². The third-order valence-corrected chi connectivity index (χ3v) is 4.71. The molecule has 1 aromatic carbocycles. The maximum Gasteiger partial charge on any atom is 0.226 e. The van der Waals surface area contributed by atoms with Crippen LogP contribution in [0.4, 0.5) is 0 Å². The topological polar surface area (TPSA) is 38.8 Å². The normalized spacial score (nSPS) is 17.4. The average Bonchev–Trinajstić information content (AvgIpc) is 2.53. The first-order valence-electron chi connectivity index (χ1n) is 8.09. The molecule has 0 saturated heterocycles. The third kappa shape index (κ3) is 3.06. The molecule has 1 aromatic rings. The van der Waals surface area contributed by atoms with Gasteiger partial charge in [0.2, 0.25) is 5.91 Å². The molecule has 1 atom stereocenters. The number of hydrogen-bond donors (Lipinski definition) is 0. The van der Waals surface area contributed by atoms with E-state index in [1.54, 1.807) is 14.2 Å². The van der Waals surface area contributed by atoms with Crippen LogP contribution in [0.15, 0.2) is 12.1 Å². The van der Waals surface area contributed by atoms with Crippen molar-refractivity contribution in [1.29, 1.82) is 0 Å². The number of benzene rings is 1. The quantitative estimate of drug-likeness (QED) is 0.837. The lowest BCUT2D eigenvalue weighted by molar-refractivity contribution is -0.139. The fourth-order valence-corrected chi connectivity index (χ4v) is 3.24. The fourth-order valence-electron chi connectivity index (χ4n) is 3.24. The summed E-state index contributed by atoms with van der Waals surface area (Å²) in [5.41, 5.74) is 2.41. The number of nitrogens with zero attached hydrogens (tertiary/aromatic N) is 1. The molecule has 0 bridgehead atoms. The van der Waals surface area contributed by atoms with Gasteiger partial charge in [-0.3, -0.25) is 4.79 Å². The van der Waals surface area contributed by atoms with E-state index in [4.69, 9.17) is 9.47 Å². The molecule has 0 fully saturated rings. The predicted octanol–water partition coefficient (Wildman–Crippen LogP) is 3.41. The predicted molar refractivity (Wildman–Crippen MR) is 87.3 cm³/mol. The molecule has 1 amide bonds. The van der Waals surface area contributed by atoms with Crippen LogP contribution in [0.1, 0.15) is 44.7 Å². The molecule has 0 spiro atoms. The summed E-state index contributed by atoms with van der Waals surface area (Å²) in [4.78, 5) is 14.7. The lowest BCUT2D eigenvalue weighted by Gasteiger charge is -2.37. The highest BCUT2D eigenvalue weighted by Gasteiger charge is 2.30. The number of amides is 1. The number of carbonyl (C=O) groups is 1. The van der Waals surface area contributed by atoms with Crippen LogP contribution in [0.3, 0.4) is 0 Å². The second-order valence-electron chi connectivity index (χ2n) is 6.01. The molecular weight excluding hydrogens is 278 g/mol. The summed E-state index contributed by atoms with van der Waals surface area (Å²) in [6.45, 7) is 6.96. The zero-order valence-corrected chi connectivity index (χ0v) is 14.3. The largest absolute Gasteiger partial charge is 0.493 e. The van der Waals surface area contributed by atoms with Crippen LogP contribution < -0.4 is 9.47 Å². The van der Waals surface area contributed by atoms with Crippen molar-refractivity contribution < 1.29 is 14.3 Å². The molecule has 0 aromatic heterocycles. The lowest BCUT2D eigenvalue weighted by atomic mass is 9.92. The monoisotopic (exact) mass is 305 g/mol. The molecule has 0 radical (unpaired) electrons. The van der Waals surface area contributed by atoms with Crippen LogP contribution in [0.5, 0.6) is 11.5 Å². The Hall–Kier alpha value is -1.71. The van der Waals surface area contributed by atoms with Gasteiger partial charge in [0.15, 0.2) is 11.5 Å². The average molecular weight is 305 g/mol. The summed E-state index contributed by atoms with van der Waals surface area (Å²) in [6.07, 6.45) is 2.66. The van der Waals surface area contributed by atoms with Gasteiger partial charge in [-0.05, 0) is 49.4 Å². The minimum atomic E-state index is 0.129. The maximum absolute atomic E-state index is 12.7. The molecule has 4 heteroatoms. The summed E-state index contributed by atoms with van der Waals surface area (Å²) in [5.74, 6) is 1.89. The SMILES string of the molecule is CCC(CC)C(=O)N1Cc2cc(OC)c(OC)cc2CC1C. The van der Waals surface area contributed by atoms with E-state index in [2.05, 4.69) is 20.8 Å². The van der Waals surface area contributed by atoms with E-state index in [0.717, 1.165) is 36.3 Å². The first-order valence-corrected chi connectivity index (χ1v) is 8.09. The Labute approximate surface area is 133 Å². The van der Waals surface area contributed by atoms with E-state index in [-0.39, 0.29) is 17.9 Å². The van der Waals surface area contributed by atoms with Crippen molar-refractivity contribution in [3.05, 3.63) is 23.3 Å². The van der Waals surface area contributed by atoms with Crippen molar-refractivity contribution in [3.8, 4) is 11.5 Å². The van der Waals surface area contributed by atoms with E-state index in [1.807, 2.05) is 17.0 Å². The fraction of sp³-hybridized carbons (Fsp3) is 0.611. The molecule has 22 heavy (non-hydrogen) atoms. The number of hydrogen-bond acceptors (Lipinski definition) is 3. The van der Waals surface area contributed by atoms with Gasteiger partial charge in [-0.15, -0.1) is 0 Å². The minimum Gasteiger partial charge on any atom is -0.493 e. The first-order chi connectivity index (χ1) is 10.5. The Morgan fingerprint density at radius 1 is 1.18 bits per heavy atom. The zero-order chi connectivity index (χ0) is 16.3. The van der Waals surface area contributed by atoms with E-state index < -0.39 is 0 Å². The van der Waals surface area contributed by atoms with Gasteiger partial charge in [-0.25, -0.2) is 0 Å². The molecule has 2 rings (SSSR count). The Morgan fingerprint density at radius 2 is 1.73 bits per heavy atom. The minimum absolute atomic E-state index is 0.129. The zero-order valence-electron chi connectivity index (χ0n) is 14.3. The van der Waals surface area contributed by atoms with Crippen molar-refractivity contribution in [3.63, 3.8) is 0 Å². The molecule has 1 aliphatic rings. The van der Waals surface area contributed by atoms with Gasteiger partial charge in [-0.2, -0.15) is 0 Å². The van der Waals surface area contributed by atoms with Crippen molar-refractivity contribution >= 4 is 5.91 Å². The number of ether oxygens (including phenoxy) is 2. The number of carbonyl (C=O) groups excluding carboxylic acids is 1. The van der Waals surface area contributed by atoms with Crippen LogP contribution in [0.2, 0.25) is 0 Å². The summed E-state index contributed by atoms with van der Waals surface area (Å²) in [5, 5.41) is 0. The van der Waals surface area contributed by atoms with Gasteiger partial charge in [0.1, 0.15) is 0 Å². The summed E-state index contributed by atoms with van der Waals surface area (Å²) in [6, 6.07) is 4.27. The van der Waals surface area contributed by atoms with Crippen molar-refractivity contribution in [2.45, 2.75) is 52.6 Å². The highest BCUT2D eigenvalue weighted by atomic mass is 16.5. The van der Waals surface area contributed by atoms with Gasteiger partial charge in [0.25, 0.3) is 0 Å². The highest BCUT2D eigenvalue weighted by molar-refractivity contribution is 5.79. The molecule has 1 unspecified atom stereocenters. The van der Waals surface area contributed by atoms with Crippen LogP contribution in [0.25, 0.3) is 0 Å². The highest BCUT2D eigenvalue weighted by Crippen LogP contribution is 2.35. The van der Waals surface area contributed by atoms with Gasteiger partial charge < -0.3 is 14.4 Å². The number of fused-ring (bicyclic) bond motifs is 1. The second kappa shape index (κ2) is 7.03. The van der Waals surface area contributed by atoms with Crippen LogP contribution in [-0.2, 0) is 17.8 Å². The van der Waals surface area contributed by atoms with E-state index in [0.29, 0.717) is 6.54 Å². The second-order valence-corrected chi connectivity index (χ2v) is 6.01. The maximum atomic E-state index is 12.7. The molecule has 1 aliphatic heterocycles. The molecule has 122 valence electrons. The molecular formula is C18H27NO3. The molecule has 4 nitrogen and oxygen atoms in total. The molecule has 1 heterocycles. The van der Waals surface area contributed by atoms with Crippen molar-refractivity contribution in [2.75, 3.05) is 14.2 Å². The summed E-state index contributed by atoms with van der Waals surface area (Å²) in [7, 11) is 3.29. The van der Waals surface area contributed by atoms with E-state index in [1.165, 1.54) is 5.56 Å². The Bertz CT molecular complexity index is 537. The van der Waals surface area contributed by atoms with Crippen LogP contribution in [0, 0.1) is 5.92 Å². The van der Waals surface area contributed by atoms with Crippen molar-refractivity contribution in [2.24, 2.45) is 5.92 Å². The van der Waals surface area contributed by atoms with Gasteiger partial charge in [0.05, 0.1) is 14.2 Å². The lowest BCUT2D eigenvalue weighted by Crippen LogP contribution is -2.45. The Kier molecular flexibility index (Phi) is 5.33. The molecule has 0 aliphatic carbocycles. The first kappa shape index (κ1) is 16.7. The Balaban J connectivity index is 2.30. The van der Waals surface area contributed by atoms with E-state index in [9.17, 15) is 4.79 Å². The smallest absolute Gasteiger partial charge is 0.226 e. The van der Waals surface area contributed by atoms with Gasteiger partial charge in [-0.1, -0.05) is 13.8 Å². The summed E-state index contributed by atoms with van der Waals surface area (Å²) < 4.78 is 10.8. The third-order valence-electron chi connectivity index (χ3n) is 4.71. The van der Waals surface area contributed by atoms with E-state index >= 15 is 0 Å². The summed E-state index contributed by atoms with van der Waals surface area (Å²) >= 11 is 0. The van der Waals surface area contributed by atoms with Gasteiger partial charge in [0, 0.05) is 18.5 Å². The molecule has 0 saturated carbocycles. The number of rotatable bonds is 5.